The van der Waals surface area contributed by atoms with Gasteiger partial charge in [-0.15, -0.1) is 21.5 Å². The predicted octanol–water partition coefficient (Wildman–Crippen LogP) is 2.42. The maximum Gasteiger partial charge on any atom is 0.328 e. The normalized spacial score (nSPS) is 20.0. The Kier molecular flexibility index (Phi) is 4.52. The van der Waals surface area contributed by atoms with Crippen LogP contribution < -0.4 is 0 Å². The van der Waals surface area contributed by atoms with Gasteiger partial charge in [0, 0.05) is 4.88 Å². The summed E-state index contributed by atoms with van der Waals surface area (Å²) >= 11 is 1.53. The molecule has 26 heavy (non-hydrogen) atoms. The summed E-state index contributed by atoms with van der Waals surface area (Å²) in [6, 6.07) is 1.09. The maximum absolute atomic E-state index is 13.1. The minimum atomic E-state index is -0.994. The molecule has 4 rings (SSSR count). The predicted molar refractivity (Wildman–Crippen MR) is 96.3 cm³/mol. The molecular formula is C18H22N4O3S. The van der Waals surface area contributed by atoms with E-state index in [2.05, 4.69) is 10.2 Å². The zero-order chi connectivity index (χ0) is 18.3. The first-order valence-electron chi connectivity index (χ1n) is 9.08. The molecular weight excluding hydrogens is 352 g/mol. The molecule has 7 nitrogen and oxygen atoms in total. The van der Waals surface area contributed by atoms with Crippen LogP contribution in [0.25, 0.3) is 0 Å². The quantitative estimate of drug-likeness (QED) is 0.872. The Morgan fingerprint density at radius 3 is 2.73 bits per heavy atom. The Labute approximate surface area is 155 Å². The first kappa shape index (κ1) is 17.2. The monoisotopic (exact) mass is 374 g/mol. The second-order valence-electron chi connectivity index (χ2n) is 7.03. The van der Waals surface area contributed by atoms with Gasteiger partial charge in [-0.3, -0.25) is 4.79 Å². The molecule has 0 bridgehead atoms. The fourth-order valence-electron chi connectivity index (χ4n) is 3.83. The molecule has 2 aromatic rings. The van der Waals surface area contributed by atoms with Gasteiger partial charge in [0.15, 0.2) is 5.82 Å². The number of aliphatic carboxylic acids is 1. The van der Waals surface area contributed by atoms with Crippen molar-refractivity contribution in [1.82, 2.24) is 19.7 Å². The second kappa shape index (κ2) is 6.83. The Bertz CT molecular complexity index is 831. The van der Waals surface area contributed by atoms with Crippen molar-refractivity contribution in [2.24, 2.45) is 0 Å². The van der Waals surface area contributed by atoms with Crippen molar-refractivity contribution in [2.75, 3.05) is 0 Å². The topological polar surface area (TPSA) is 88.3 Å². The smallest absolute Gasteiger partial charge is 0.328 e. The third-order valence-electron chi connectivity index (χ3n) is 5.31. The second-order valence-corrected chi connectivity index (χ2v) is 8.17. The first-order valence-corrected chi connectivity index (χ1v) is 9.90. The summed E-state index contributed by atoms with van der Waals surface area (Å²) in [6.07, 6.45) is 6.81. The van der Waals surface area contributed by atoms with Crippen LogP contribution in [0.4, 0.5) is 0 Å². The van der Waals surface area contributed by atoms with Gasteiger partial charge >= 0.3 is 5.97 Å². The highest BCUT2D eigenvalue weighted by Gasteiger charge is 2.37. The number of thiophene rings is 1. The molecule has 0 saturated carbocycles. The van der Waals surface area contributed by atoms with Crippen LogP contribution in [0.15, 0.2) is 6.07 Å². The molecule has 0 radical (unpaired) electrons. The average Bonchev–Trinajstić information content (AvgIpc) is 3.16. The molecule has 0 aromatic carbocycles. The Balaban J connectivity index is 1.64. The fourth-order valence-corrected chi connectivity index (χ4v) is 5.04. The zero-order valence-corrected chi connectivity index (χ0v) is 15.6. The number of hydrogen-bond donors (Lipinski definition) is 1. The lowest BCUT2D eigenvalue weighted by molar-refractivity contribution is -0.143. The lowest BCUT2D eigenvalue weighted by Gasteiger charge is -2.33. The number of carbonyl (C=O) groups excluding carboxylic acids is 1. The van der Waals surface area contributed by atoms with E-state index >= 15 is 0 Å². The standard InChI is InChI=1S/C18H22N4O3S/c1-11-19-20-16-10-22(13(18(24)25)9-21(11)16)17(23)15-8-12-6-4-2-3-5-7-14(12)26-15/h8,13H,2-7,9-10H2,1H3,(H,24,25). The molecule has 1 amide bonds. The van der Waals surface area contributed by atoms with Crippen LogP contribution >= 0.6 is 11.3 Å². The van der Waals surface area contributed by atoms with E-state index in [9.17, 15) is 14.7 Å². The molecule has 2 aromatic heterocycles. The number of aromatic nitrogens is 3. The van der Waals surface area contributed by atoms with Crippen LogP contribution in [-0.4, -0.2) is 42.7 Å². The number of fused-ring (bicyclic) bond motifs is 2. The van der Waals surface area contributed by atoms with E-state index in [0.29, 0.717) is 16.5 Å². The summed E-state index contributed by atoms with van der Waals surface area (Å²) in [5, 5.41) is 17.8. The molecule has 1 aliphatic carbocycles. The highest BCUT2D eigenvalue weighted by molar-refractivity contribution is 7.14. The van der Waals surface area contributed by atoms with Crippen molar-refractivity contribution in [1.29, 1.82) is 0 Å². The molecule has 3 heterocycles. The van der Waals surface area contributed by atoms with Crippen LogP contribution in [0, 0.1) is 6.92 Å². The van der Waals surface area contributed by atoms with Gasteiger partial charge in [0.25, 0.3) is 5.91 Å². The van der Waals surface area contributed by atoms with Crippen LogP contribution in [0.1, 0.15) is 57.4 Å². The van der Waals surface area contributed by atoms with Crippen LogP contribution in [-0.2, 0) is 30.7 Å². The van der Waals surface area contributed by atoms with E-state index < -0.39 is 12.0 Å². The highest BCUT2D eigenvalue weighted by atomic mass is 32.1. The number of rotatable bonds is 2. The summed E-state index contributed by atoms with van der Waals surface area (Å²) in [7, 11) is 0. The third kappa shape index (κ3) is 3.02. The van der Waals surface area contributed by atoms with Crippen molar-refractivity contribution in [2.45, 2.75) is 64.6 Å². The largest absolute Gasteiger partial charge is 0.480 e. The van der Waals surface area contributed by atoms with E-state index in [1.54, 1.807) is 11.5 Å². The molecule has 0 fully saturated rings. The van der Waals surface area contributed by atoms with Gasteiger partial charge in [0.05, 0.1) is 18.0 Å². The van der Waals surface area contributed by atoms with Crippen LogP contribution in [0.5, 0.6) is 0 Å². The van der Waals surface area contributed by atoms with Crippen molar-refractivity contribution >= 4 is 23.2 Å². The molecule has 2 aliphatic rings. The molecule has 0 spiro atoms. The zero-order valence-electron chi connectivity index (χ0n) is 14.8. The number of aryl methyl sites for hydroxylation is 3. The summed E-state index contributed by atoms with van der Waals surface area (Å²) < 4.78 is 1.79. The fraction of sp³-hybridized carbons (Fsp3) is 0.556. The molecule has 0 saturated heterocycles. The van der Waals surface area contributed by atoms with E-state index in [-0.39, 0.29) is 19.0 Å². The van der Waals surface area contributed by atoms with E-state index in [0.717, 1.165) is 25.7 Å². The Morgan fingerprint density at radius 1 is 1.19 bits per heavy atom. The number of carboxylic acid groups (broad SMARTS) is 1. The van der Waals surface area contributed by atoms with Crippen molar-refractivity contribution in [3.63, 3.8) is 0 Å². The lowest BCUT2D eigenvalue weighted by atomic mass is 9.99. The van der Waals surface area contributed by atoms with Crippen molar-refractivity contribution in [3.8, 4) is 0 Å². The van der Waals surface area contributed by atoms with Gasteiger partial charge in [-0.1, -0.05) is 12.8 Å². The summed E-state index contributed by atoms with van der Waals surface area (Å²) in [5.74, 6) is 0.119. The van der Waals surface area contributed by atoms with Crippen LogP contribution in [0.2, 0.25) is 0 Å². The number of hydrogen-bond acceptors (Lipinski definition) is 5. The molecule has 8 heteroatoms. The van der Waals surface area contributed by atoms with E-state index in [4.69, 9.17) is 0 Å². The maximum atomic E-state index is 13.1. The van der Waals surface area contributed by atoms with Crippen molar-refractivity contribution in [3.05, 3.63) is 33.0 Å². The lowest BCUT2D eigenvalue weighted by Crippen LogP contribution is -2.50. The van der Waals surface area contributed by atoms with Gasteiger partial charge in [0.1, 0.15) is 11.9 Å². The average molecular weight is 374 g/mol. The minimum Gasteiger partial charge on any atom is -0.480 e. The molecule has 138 valence electrons. The summed E-state index contributed by atoms with van der Waals surface area (Å²) in [4.78, 5) is 28.3. The van der Waals surface area contributed by atoms with E-state index in [1.807, 2.05) is 6.07 Å². The van der Waals surface area contributed by atoms with Crippen molar-refractivity contribution < 1.29 is 14.7 Å². The third-order valence-corrected chi connectivity index (χ3v) is 6.53. The minimum absolute atomic E-state index is 0.180. The van der Waals surface area contributed by atoms with Gasteiger partial charge in [-0.25, -0.2) is 4.79 Å². The van der Waals surface area contributed by atoms with Gasteiger partial charge < -0.3 is 14.6 Å². The molecule has 1 unspecified atom stereocenters. The number of carboxylic acids is 1. The van der Waals surface area contributed by atoms with Gasteiger partial charge in [0.2, 0.25) is 0 Å². The SMILES string of the molecule is Cc1nnc2n1CC(C(=O)O)N(C(=O)c1cc3c(s1)CCCCCC3)C2. The number of amides is 1. The Hall–Kier alpha value is -2.22. The van der Waals surface area contributed by atoms with Crippen LogP contribution in [0.3, 0.4) is 0 Å². The highest BCUT2D eigenvalue weighted by Crippen LogP contribution is 2.31. The molecule has 1 N–H and O–H groups in total. The van der Waals surface area contributed by atoms with Gasteiger partial charge in [-0.2, -0.15) is 0 Å². The van der Waals surface area contributed by atoms with E-state index in [1.165, 1.54) is 39.5 Å². The number of carbonyl (C=O) groups is 2. The summed E-state index contributed by atoms with van der Waals surface area (Å²) in [5.41, 5.74) is 1.26. The number of nitrogens with zero attached hydrogens (tertiary/aromatic N) is 4. The Morgan fingerprint density at radius 2 is 1.96 bits per heavy atom. The van der Waals surface area contributed by atoms with Gasteiger partial charge in [-0.05, 0) is 44.2 Å². The molecule has 1 atom stereocenters. The summed E-state index contributed by atoms with van der Waals surface area (Å²) in [6.45, 7) is 2.17. The first-order chi connectivity index (χ1) is 12.5. The molecule has 1 aliphatic heterocycles.